The van der Waals surface area contributed by atoms with Gasteiger partial charge in [0, 0.05) is 0 Å². The zero-order valence-electron chi connectivity index (χ0n) is 25.1. The Bertz CT molecular complexity index is 563. The summed E-state index contributed by atoms with van der Waals surface area (Å²) < 4.78 is 9.37. The zero-order valence-corrected chi connectivity index (χ0v) is 25.1. The Kier molecular flexibility index (Phi) is 16.5. The second-order valence-electron chi connectivity index (χ2n) is 11.9. The molecule has 0 saturated carbocycles. The van der Waals surface area contributed by atoms with Gasteiger partial charge in [0.15, 0.2) is 0 Å². The van der Waals surface area contributed by atoms with E-state index in [4.69, 9.17) is 19.6 Å². The Labute approximate surface area is 218 Å². The highest BCUT2D eigenvalue weighted by molar-refractivity contribution is 5.63. The lowest BCUT2D eigenvalue weighted by atomic mass is 9.94. The van der Waals surface area contributed by atoms with Crippen molar-refractivity contribution in [1.29, 1.82) is 0 Å². The monoisotopic (exact) mass is 524 g/mol. The molecule has 36 heavy (non-hydrogen) atoms. The molecule has 0 aromatic carbocycles. The first-order valence-corrected chi connectivity index (χ1v) is 12.6. The van der Waals surface area contributed by atoms with E-state index in [0.29, 0.717) is 12.8 Å². The smallest absolute Gasteiger partial charge is 0.429 e. The quantitative estimate of drug-likeness (QED) is 0.152. The van der Waals surface area contributed by atoms with Gasteiger partial charge in [-0.3, -0.25) is 0 Å². The molecule has 0 saturated heterocycles. The first kappa shape index (κ1) is 36.5. The molecule has 0 aromatic heterocycles. The number of hydrogen-bond donors (Lipinski definition) is 0. The van der Waals surface area contributed by atoms with Crippen molar-refractivity contribution < 1.29 is 48.4 Å². The molecule has 0 amide bonds. The molecule has 2 atom stereocenters. The lowest BCUT2D eigenvalue weighted by molar-refractivity contribution is -0.410. The maximum Gasteiger partial charge on any atom is 0.550 e. The molecule has 0 aliphatic carbocycles. The second kappa shape index (κ2) is 16.3. The van der Waals surface area contributed by atoms with Crippen molar-refractivity contribution in [1.82, 2.24) is 0 Å². The Hall–Kier alpha value is -1.62. The molecule has 0 N–H and O–H groups in total. The van der Waals surface area contributed by atoms with Crippen molar-refractivity contribution >= 4 is 12.3 Å². The van der Waals surface area contributed by atoms with Gasteiger partial charge in [-0.05, 0) is 109 Å². The van der Waals surface area contributed by atoms with Crippen LogP contribution in [0.5, 0.6) is 0 Å². The highest BCUT2D eigenvalue weighted by Crippen LogP contribution is 2.27. The van der Waals surface area contributed by atoms with E-state index in [-0.39, 0.29) is 34.6 Å². The van der Waals surface area contributed by atoms with Crippen LogP contribution in [0.4, 0.5) is 9.59 Å². The van der Waals surface area contributed by atoms with Gasteiger partial charge < -0.3 is 9.47 Å². The maximum atomic E-state index is 10.9. The summed E-state index contributed by atoms with van der Waals surface area (Å²) in [7, 11) is 0. The maximum absolute atomic E-state index is 10.9. The third-order valence-electron chi connectivity index (χ3n) is 4.29. The predicted octanol–water partition coefficient (Wildman–Crippen LogP) is 7.62. The van der Waals surface area contributed by atoms with E-state index < -0.39 is 12.3 Å². The van der Waals surface area contributed by atoms with Crippen LogP contribution in [0.15, 0.2) is 0 Å². The predicted molar refractivity (Wildman–Crippen MR) is 136 cm³/mol. The van der Waals surface area contributed by atoms with Crippen LogP contribution >= 0.6 is 0 Å². The second-order valence-corrected chi connectivity index (χ2v) is 11.9. The molecule has 0 aliphatic rings. The van der Waals surface area contributed by atoms with Crippen molar-refractivity contribution in [2.45, 2.75) is 157 Å². The Morgan fingerprint density at radius 2 is 0.833 bits per heavy atom. The van der Waals surface area contributed by atoms with Crippen molar-refractivity contribution in [3.05, 3.63) is 0 Å². The number of hydrogen-bond acceptors (Lipinski definition) is 10. The zero-order chi connectivity index (χ0) is 28.8. The van der Waals surface area contributed by atoms with E-state index in [1.807, 2.05) is 83.1 Å². The fourth-order valence-electron chi connectivity index (χ4n) is 1.76. The summed E-state index contributed by atoms with van der Waals surface area (Å²) in [6.45, 7) is 26.9. The van der Waals surface area contributed by atoms with Gasteiger partial charge in [-0.25, -0.2) is 19.6 Å². The van der Waals surface area contributed by atoms with E-state index in [1.165, 1.54) is 0 Å². The molecule has 2 unspecified atom stereocenters. The van der Waals surface area contributed by atoms with Crippen LogP contribution in [0.2, 0.25) is 0 Å². The van der Waals surface area contributed by atoms with Gasteiger partial charge in [0.25, 0.3) is 0 Å². The molecule has 0 spiro atoms. The highest BCUT2D eigenvalue weighted by Gasteiger charge is 2.30. The number of carbonyl (C=O) groups is 2. The van der Waals surface area contributed by atoms with Crippen molar-refractivity contribution in [3.63, 3.8) is 0 Å². The average Bonchev–Trinajstić information content (AvgIpc) is 2.73. The molecule has 10 nitrogen and oxygen atoms in total. The van der Waals surface area contributed by atoms with Crippen LogP contribution in [0.3, 0.4) is 0 Å². The fraction of sp³-hybridized carbons (Fsp3) is 0.923. The van der Waals surface area contributed by atoms with Crippen LogP contribution in [0, 0.1) is 0 Å². The third-order valence-corrected chi connectivity index (χ3v) is 4.29. The molecular weight excluding hydrogens is 472 g/mol. The first-order chi connectivity index (χ1) is 16.1. The lowest BCUT2D eigenvalue weighted by Gasteiger charge is -2.33. The highest BCUT2D eigenvalue weighted by atomic mass is 17.3. The third kappa shape index (κ3) is 24.1. The van der Waals surface area contributed by atoms with Crippen molar-refractivity contribution in [2.24, 2.45) is 0 Å². The average molecular weight is 525 g/mol. The Balaban J connectivity index is 0. The summed E-state index contributed by atoms with van der Waals surface area (Å²) in [5.41, 5.74) is -1.34. The molecule has 0 bridgehead atoms. The summed E-state index contributed by atoms with van der Waals surface area (Å²) in [6, 6.07) is 0. The van der Waals surface area contributed by atoms with E-state index in [1.54, 1.807) is 13.8 Å². The first-order valence-electron chi connectivity index (χ1n) is 12.6. The minimum Gasteiger partial charge on any atom is -0.429 e. The summed E-state index contributed by atoms with van der Waals surface area (Å²) in [6.07, 6.45) is 0.209. The lowest BCUT2D eigenvalue weighted by Crippen LogP contribution is -2.35. The van der Waals surface area contributed by atoms with Gasteiger partial charge >= 0.3 is 12.3 Å². The molecular formula is C26H52O10. The van der Waals surface area contributed by atoms with Crippen LogP contribution in [0.1, 0.15) is 123 Å². The molecule has 0 radical (unpaired) electrons. The van der Waals surface area contributed by atoms with Crippen molar-refractivity contribution in [2.75, 3.05) is 0 Å². The summed E-state index contributed by atoms with van der Waals surface area (Å²) >= 11 is 0. The van der Waals surface area contributed by atoms with Crippen LogP contribution in [0.25, 0.3) is 0 Å². The van der Waals surface area contributed by atoms with Crippen LogP contribution in [-0.4, -0.2) is 46.9 Å². The number of rotatable bonds is 11. The molecule has 216 valence electrons. The van der Waals surface area contributed by atoms with Gasteiger partial charge in [0.1, 0.15) is 12.2 Å². The topological polar surface area (TPSA) is 108 Å². The van der Waals surface area contributed by atoms with E-state index in [9.17, 15) is 9.59 Å². The van der Waals surface area contributed by atoms with Gasteiger partial charge in [-0.2, -0.15) is 19.4 Å². The number of carbonyl (C=O) groups excluding carboxylic acids is 2. The molecule has 0 aromatic rings. The summed E-state index contributed by atoms with van der Waals surface area (Å²) in [5, 5.41) is 0. The Morgan fingerprint density at radius 3 is 1.06 bits per heavy atom. The molecule has 0 heterocycles. The van der Waals surface area contributed by atoms with Gasteiger partial charge in [-0.15, -0.1) is 0 Å². The molecule has 0 rings (SSSR count). The van der Waals surface area contributed by atoms with Gasteiger partial charge in [0.2, 0.25) is 0 Å². The van der Waals surface area contributed by atoms with E-state index in [0.717, 1.165) is 12.8 Å². The van der Waals surface area contributed by atoms with Crippen LogP contribution in [-0.2, 0) is 38.8 Å². The minimum absolute atomic E-state index is 0.290. The van der Waals surface area contributed by atoms with Gasteiger partial charge in [-0.1, -0.05) is 13.8 Å². The van der Waals surface area contributed by atoms with E-state index in [2.05, 4.69) is 19.2 Å². The van der Waals surface area contributed by atoms with Gasteiger partial charge in [0.05, 0.1) is 22.4 Å². The minimum atomic E-state index is -1.06. The van der Waals surface area contributed by atoms with E-state index >= 15 is 0 Å². The standard InChI is InChI=1S/C16H34O4.C10H18O6/c1-13(2,3)17-19-15(7,8)11-12-16(9,10)20-18-14(4,5)6;1-5-7(3)13-9(11)15-16-10(12)14-8(4)6-2/h11-12H2,1-10H3;7-8H,5-6H2,1-4H3. The molecule has 0 fully saturated rings. The largest absolute Gasteiger partial charge is 0.550 e. The molecule has 0 aliphatic heterocycles. The molecule has 10 heteroatoms. The van der Waals surface area contributed by atoms with Crippen molar-refractivity contribution in [3.8, 4) is 0 Å². The fourth-order valence-corrected chi connectivity index (χ4v) is 1.76. The summed E-state index contributed by atoms with van der Waals surface area (Å²) in [5.74, 6) is 0. The number of ether oxygens (including phenoxy) is 2. The summed E-state index contributed by atoms with van der Waals surface area (Å²) in [4.78, 5) is 51.8. The van der Waals surface area contributed by atoms with Crippen LogP contribution < -0.4 is 0 Å². The Morgan fingerprint density at radius 1 is 0.556 bits per heavy atom. The normalized spacial score (nSPS) is 14.2. The SMILES string of the molecule is CC(C)(C)OOC(C)(C)CCC(C)(C)OOC(C)(C)C.CCC(C)OC(=O)OOC(=O)OC(C)CC.